The van der Waals surface area contributed by atoms with Gasteiger partial charge in [-0.15, -0.1) is 11.8 Å². The lowest BCUT2D eigenvalue weighted by atomic mass is 10.1. The van der Waals surface area contributed by atoms with Crippen LogP contribution in [0.4, 0.5) is 4.39 Å². The van der Waals surface area contributed by atoms with E-state index in [2.05, 4.69) is 71.5 Å². The number of rotatable bonds is 6. The molecule has 29 heavy (non-hydrogen) atoms. The highest BCUT2D eigenvalue weighted by Gasteiger charge is 2.33. The number of aryl methyl sites for hydroxylation is 1. The molecule has 0 N–H and O–H groups in total. The van der Waals surface area contributed by atoms with Crippen LogP contribution in [0.3, 0.4) is 0 Å². The van der Waals surface area contributed by atoms with Gasteiger partial charge >= 0.3 is 0 Å². The zero-order valence-corrected chi connectivity index (χ0v) is 17.8. The van der Waals surface area contributed by atoms with Crippen molar-refractivity contribution in [1.29, 1.82) is 0 Å². The number of hydrogen-bond donors (Lipinski definition) is 0. The summed E-state index contributed by atoms with van der Waals surface area (Å²) in [6.45, 7) is 5.52. The number of thioether (sulfide) groups is 1. The van der Waals surface area contributed by atoms with Crippen molar-refractivity contribution < 1.29 is 4.39 Å². The third kappa shape index (κ3) is 4.72. The summed E-state index contributed by atoms with van der Waals surface area (Å²) in [6, 6.07) is 24.7. The normalized spacial score (nSPS) is 17.7. The molecule has 4 rings (SSSR count). The van der Waals surface area contributed by atoms with Gasteiger partial charge in [0.15, 0.2) is 0 Å². The Labute approximate surface area is 177 Å². The van der Waals surface area contributed by atoms with Crippen LogP contribution in [0.15, 0.2) is 77.7 Å². The molecule has 3 aromatic rings. The Kier molecular flexibility index (Phi) is 6.34. The van der Waals surface area contributed by atoms with Gasteiger partial charge in [0.25, 0.3) is 0 Å². The van der Waals surface area contributed by atoms with Crippen molar-refractivity contribution in [2.45, 2.75) is 31.1 Å². The summed E-state index contributed by atoms with van der Waals surface area (Å²) in [6.07, 6.45) is 2.24. The molecule has 0 spiro atoms. The monoisotopic (exact) mass is 406 g/mol. The molecular weight excluding hydrogens is 379 g/mol. The highest BCUT2D eigenvalue weighted by molar-refractivity contribution is 7.98. The maximum atomic E-state index is 14.3. The highest BCUT2D eigenvalue weighted by atomic mass is 32.2. The van der Waals surface area contributed by atoms with Crippen LogP contribution in [-0.4, -0.2) is 29.1 Å². The van der Waals surface area contributed by atoms with Crippen LogP contribution in [0.2, 0.25) is 0 Å². The summed E-state index contributed by atoms with van der Waals surface area (Å²) >= 11 is 1.75. The summed E-state index contributed by atoms with van der Waals surface area (Å²) in [5.74, 6) is -0.124. The minimum absolute atomic E-state index is 0.124. The Morgan fingerprint density at radius 3 is 2.17 bits per heavy atom. The van der Waals surface area contributed by atoms with Crippen molar-refractivity contribution in [3.05, 3.63) is 101 Å². The second-order valence-electron chi connectivity index (χ2n) is 7.66. The van der Waals surface area contributed by atoms with Crippen LogP contribution in [0.25, 0.3) is 0 Å². The zero-order chi connectivity index (χ0) is 20.2. The fourth-order valence-electron chi connectivity index (χ4n) is 4.03. The van der Waals surface area contributed by atoms with Crippen LogP contribution in [0, 0.1) is 12.7 Å². The molecule has 0 aliphatic carbocycles. The third-order valence-electron chi connectivity index (χ3n) is 5.62. The first kappa shape index (κ1) is 20.1. The maximum absolute atomic E-state index is 14.3. The lowest BCUT2D eigenvalue weighted by Gasteiger charge is -2.31. The second-order valence-corrected chi connectivity index (χ2v) is 8.54. The van der Waals surface area contributed by atoms with Crippen LogP contribution < -0.4 is 0 Å². The first-order chi connectivity index (χ1) is 14.1. The van der Waals surface area contributed by atoms with Crippen molar-refractivity contribution in [2.75, 3.05) is 19.3 Å². The Morgan fingerprint density at radius 2 is 1.52 bits per heavy atom. The maximum Gasteiger partial charge on any atom is 0.127 e. The van der Waals surface area contributed by atoms with Crippen molar-refractivity contribution in [1.82, 2.24) is 9.80 Å². The lowest BCUT2D eigenvalue weighted by Crippen LogP contribution is -2.30. The van der Waals surface area contributed by atoms with Crippen molar-refractivity contribution in [3.63, 3.8) is 0 Å². The molecule has 1 fully saturated rings. The largest absolute Gasteiger partial charge is 0.279 e. The molecule has 0 saturated carbocycles. The predicted octanol–water partition coefficient (Wildman–Crippen LogP) is 5.87. The second kappa shape index (κ2) is 9.12. The fourth-order valence-corrected chi connectivity index (χ4v) is 4.44. The molecule has 4 heteroatoms. The van der Waals surface area contributed by atoms with Gasteiger partial charge in [0.2, 0.25) is 0 Å². The van der Waals surface area contributed by atoms with Gasteiger partial charge in [-0.3, -0.25) is 9.80 Å². The molecule has 1 atom stereocenters. The summed E-state index contributed by atoms with van der Waals surface area (Å²) in [4.78, 5) is 6.15. The third-order valence-corrected chi connectivity index (χ3v) is 6.36. The van der Waals surface area contributed by atoms with E-state index in [9.17, 15) is 4.39 Å². The SMILES string of the molecule is CSc1ccc(C2N(Cc3ccc(C)cc3)CCN2Cc2ccccc2F)cc1. The van der Waals surface area contributed by atoms with Crippen molar-refractivity contribution in [2.24, 2.45) is 0 Å². The van der Waals surface area contributed by atoms with E-state index in [1.54, 1.807) is 23.9 Å². The number of nitrogens with zero attached hydrogens (tertiary/aromatic N) is 2. The van der Waals surface area contributed by atoms with Gasteiger partial charge < -0.3 is 0 Å². The smallest absolute Gasteiger partial charge is 0.127 e. The van der Waals surface area contributed by atoms with E-state index in [1.165, 1.54) is 21.6 Å². The standard InChI is InChI=1S/C25H27FN2S/c1-19-7-9-20(10-8-19)17-27-15-16-28(18-22-5-3-4-6-24(22)26)25(27)21-11-13-23(29-2)14-12-21/h3-14,25H,15-18H2,1-2H3. The first-order valence-corrected chi connectivity index (χ1v) is 11.3. The minimum Gasteiger partial charge on any atom is -0.279 e. The average Bonchev–Trinajstić information content (AvgIpc) is 3.13. The van der Waals surface area contributed by atoms with Crippen LogP contribution in [0.5, 0.6) is 0 Å². The number of halogens is 1. The summed E-state index contributed by atoms with van der Waals surface area (Å²) in [7, 11) is 0. The van der Waals surface area contributed by atoms with Gasteiger partial charge in [0.05, 0.1) is 6.17 Å². The number of benzene rings is 3. The van der Waals surface area contributed by atoms with E-state index >= 15 is 0 Å². The van der Waals surface area contributed by atoms with Gasteiger partial charge in [-0.05, 0) is 42.5 Å². The molecule has 0 amide bonds. The van der Waals surface area contributed by atoms with Crippen LogP contribution in [-0.2, 0) is 13.1 Å². The minimum atomic E-state index is -0.124. The van der Waals surface area contributed by atoms with E-state index in [4.69, 9.17) is 0 Å². The Balaban J connectivity index is 1.61. The van der Waals surface area contributed by atoms with Crippen molar-refractivity contribution in [3.8, 4) is 0 Å². The van der Waals surface area contributed by atoms with E-state index in [1.807, 2.05) is 12.1 Å². The fraction of sp³-hybridized carbons (Fsp3) is 0.280. The highest BCUT2D eigenvalue weighted by Crippen LogP contribution is 2.34. The molecule has 2 nitrogen and oxygen atoms in total. The molecule has 1 aliphatic rings. The molecule has 1 unspecified atom stereocenters. The van der Waals surface area contributed by atoms with Crippen LogP contribution in [0.1, 0.15) is 28.4 Å². The first-order valence-electron chi connectivity index (χ1n) is 10.0. The van der Waals surface area contributed by atoms with E-state index in [0.717, 1.165) is 25.2 Å². The quantitative estimate of drug-likeness (QED) is 0.473. The number of hydrogen-bond acceptors (Lipinski definition) is 3. The van der Waals surface area contributed by atoms with Crippen molar-refractivity contribution >= 4 is 11.8 Å². The zero-order valence-electron chi connectivity index (χ0n) is 17.0. The Morgan fingerprint density at radius 1 is 0.862 bits per heavy atom. The van der Waals surface area contributed by atoms with Gasteiger partial charge in [-0.25, -0.2) is 4.39 Å². The molecule has 1 aliphatic heterocycles. The predicted molar refractivity (Wildman–Crippen MR) is 119 cm³/mol. The van der Waals surface area contributed by atoms with E-state index in [-0.39, 0.29) is 12.0 Å². The molecule has 1 heterocycles. The Bertz CT molecular complexity index is 940. The molecule has 3 aromatic carbocycles. The van der Waals surface area contributed by atoms with Gasteiger partial charge in [0, 0.05) is 36.6 Å². The average molecular weight is 407 g/mol. The van der Waals surface area contributed by atoms with Gasteiger partial charge in [0.1, 0.15) is 5.82 Å². The van der Waals surface area contributed by atoms with Gasteiger partial charge in [-0.2, -0.15) is 0 Å². The van der Waals surface area contributed by atoms with E-state index in [0.29, 0.717) is 6.54 Å². The molecule has 0 radical (unpaired) electrons. The molecule has 0 aromatic heterocycles. The Hall–Kier alpha value is -2.14. The van der Waals surface area contributed by atoms with Gasteiger partial charge in [-0.1, -0.05) is 60.2 Å². The van der Waals surface area contributed by atoms with Crippen LogP contribution >= 0.6 is 11.8 Å². The lowest BCUT2D eigenvalue weighted by molar-refractivity contribution is 0.124. The summed E-state index contributed by atoms with van der Waals surface area (Å²) < 4.78 is 14.3. The summed E-state index contributed by atoms with van der Waals surface area (Å²) in [5, 5.41) is 0. The summed E-state index contributed by atoms with van der Waals surface area (Å²) in [5.41, 5.74) is 4.62. The molecular formula is C25H27FN2S. The molecule has 0 bridgehead atoms. The molecule has 1 saturated heterocycles. The molecule has 150 valence electrons. The van der Waals surface area contributed by atoms with E-state index < -0.39 is 0 Å². The topological polar surface area (TPSA) is 6.48 Å².